The topological polar surface area (TPSA) is 71.4 Å². The SMILES string of the molecule is CCCCCCCC(C(=O)c1ccc(C(F)(F)C(F)(F)C(F)(F)C(F)(F)C(F)(F)C(F)(F)C(F)(F)C(F)(F)F)cc1)S(=O)(=O)O. The number of unbranched alkanes of at least 4 members (excludes halogenated alkanes) is 4. The van der Waals surface area contributed by atoms with Crippen LogP contribution in [0.3, 0.4) is 0 Å². The molecule has 0 saturated carbocycles. The first kappa shape index (κ1) is 40.6. The largest absolute Gasteiger partial charge is 0.460 e. The van der Waals surface area contributed by atoms with Crippen LogP contribution in [-0.4, -0.2) is 65.7 Å². The summed E-state index contributed by atoms with van der Waals surface area (Å²) in [4.78, 5) is 12.5. The Morgan fingerprint density at radius 3 is 1.38 bits per heavy atom. The lowest BCUT2D eigenvalue weighted by atomic mass is 9.87. The van der Waals surface area contributed by atoms with E-state index >= 15 is 0 Å². The van der Waals surface area contributed by atoms with Crippen molar-refractivity contribution in [3.05, 3.63) is 35.4 Å². The number of carbonyl (C=O) groups is 1. The first-order valence-corrected chi connectivity index (χ1v) is 13.6. The summed E-state index contributed by atoms with van der Waals surface area (Å²) in [5, 5.41) is -2.27. The molecule has 0 amide bonds. The molecular weight excluding hydrogens is 695 g/mol. The van der Waals surface area contributed by atoms with Crippen LogP contribution < -0.4 is 0 Å². The van der Waals surface area contributed by atoms with Gasteiger partial charge in [0.2, 0.25) is 0 Å². The molecule has 1 atom stereocenters. The quantitative estimate of drug-likeness (QED) is 0.0803. The molecule has 0 aliphatic rings. The van der Waals surface area contributed by atoms with Crippen molar-refractivity contribution in [2.24, 2.45) is 0 Å². The summed E-state index contributed by atoms with van der Waals surface area (Å²) in [5.74, 6) is -59.3. The van der Waals surface area contributed by atoms with Crippen molar-refractivity contribution in [1.29, 1.82) is 0 Å². The van der Waals surface area contributed by atoms with Crippen LogP contribution >= 0.6 is 0 Å². The number of hydrogen-bond acceptors (Lipinski definition) is 3. The second kappa shape index (κ2) is 12.7. The third-order valence-electron chi connectivity index (χ3n) is 6.48. The zero-order chi connectivity index (χ0) is 35.9. The lowest BCUT2D eigenvalue weighted by molar-refractivity contribution is -0.462. The van der Waals surface area contributed by atoms with E-state index in [1.54, 1.807) is 0 Å². The molecule has 0 saturated heterocycles. The second-order valence-corrected chi connectivity index (χ2v) is 11.3. The zero-order valence-corrected chi connectivity index (χ0v) is 23.0. The van der Waals surface area contributed by atoms with Crippen LogP contribution in [0.4, 0.5) is 74.6 Å². The molecule has 0 aliphatic heterocycles. The third-order valence-corrected chi connectivity index (χ3v) is 7.64. The van der Waals surface area contributed by atoms with Gasteiger partial charge >= 0.3 is 47.6 Å². The van der Waals surface area contributed by atoms with Crippen LogP contribution in [0.25, 0.3) is 0 Å². The van der Waals surface area contributed by atoms with Gasteiger partial charge in [0.05, 0.1) is 0 Å². The minimum Gasteiger partial charge on any atom is -0.293 e. The van der Waals surface area contributed by atoms with Crippen LogP contribution in [0, 0.1) is 0 Å². The van der Waals surface area contributed by atoms with Gasteiger partial charge in [-0.3, -0.25) is 9.35 Å². The minimum absolute atomic E-state index is 0.000447. The Morgan fingerprint density at radius 1 is 0.622 bits per heavy atom. The van der Waals surface area contributed by atoms with Gasteiger partial charge < -0.3 is 0 Å². The second-order valence-electron chi connectivity index (χ2n) is 9.67. The molecule has 0 aliphatic carbocycles. The van der Waals surface area contributed by atoms with E-state index in [0.717, 1.165) is 6.42 Å². The normalized spacial score (nSPS) is 15.7. The van der Waals surface area contributed by atoms with Crippen molar-refractivity contribution in [2.45, 2.75) is 98.3 Å². The number of Topliss-reactive ketones (excluding diaryl/α,β-unsaturated/α-hetero) is 1. The fourth-order valence-corrected chi connectivity index (χ4v) is 4.59. The summed E-state index contributed by atoms with van der Waals surface area (Å²) >= 11 is 0. The van der Waals surface area contributed by atoms with Crippen molar-refractivity contribution in [2.75, 3.05) is 0 Å². The fourth-order valence-electron chi connectivity index (χ4n) is 3.72. The van der Waals surface area contributed by atoms with E-state index in [0.29, 0.717) is 19.3 Å². The molecule has 1 rings (SSSR count). The molecule has 1 aromatic carbocycles. The van der Waals surface area contributed by atoms with Crippen molar-refractivity contribution >= 4 is 15.9 Å². The van der Waals surface area contributed by atoms with Gasteiger partial charge in [-0.05, 0) is 6.42 Å². The number of halogens is 17. The predicted octanol–water partition coefficient (Wildman–Crippen LogP) is 8.95. The Labute approximate surface area is 242 Å². The van der Waals surface area contributed by atoms with Crippen LogP contribution in [0.15, 0.2) is 24.3 Å². The number of benzene rings is 1. The molecule has 0 bridgehead atoms. The molecule has 0 fully saturated rings. The van der Waals surface area contributed by atoms with Crippen LogP contribution in [0.1, 0.15) is 61.4 Å². The summed E-state index contributed by atoms with van der Waals surface area (Å²) in [7, 11) is -5.20. The molecule has 0 heterocycles. The molecule has 1 N–H and O–H groups in total. The predicted molar refractivity (Wildman–Crippen MR) is 119 cm³/mol. The lowest BCUT2D eigenvalue weighted by Crippen LogP contribution is -2.74. The maximum absolute atomic E-state index is 14.5. The standard InChI is InChI=1S/C23H21F17O4S/c1-2-3-4-5-6-7-14(45(42,43)44)15(41)12-8-10-13(11-9-12)16(24,25)17(26,27)18(28,29)19(30,31)20(32,33)21(34,35)22(36,37)23(38,39)40/h8-11,14H,2-7H2,1H3,(H,42,43,44). The highest BCUT2D eigenvalue weighted by molar-refractivity contribution is 7.87. The highest BCUT2D eigenvalue weighted by atomic mass is 32.2. The van der Waals surface area contributed by atoms with E-state index in [1.165, 1.54) is 0 Å². The first-order chi connectivity index (χ1) is 19.8. The van der Waals surface area contributed by atoms with Gasteiger partial charge in [0, 0.05) is 11.1 Å². The van der Waals surface area contributed by atoms with Gasteiger partial charge in [-0.1, -0.05) is 63.3 Å². The van der Waals surface area contributed by atoms with Crippen molar-refractivity contribution in [3.63, 3.8) is 0 Å². The summed E-state index contributed by atoms with van der Waals surface area (Å²) in [5.41, 5.74) is -3.55. The number of rotatable bonds is 16. The summed E-state index contributed by atoms with van der Waals surface area (Å²) in [6, 6.07) is -0.829. The average molecular weight is 716 g/mol. The van der Waals surface area contributed by atoms with Gasteiger partial charge in [0.15, 0.2) is 5.78 Å². The maximum atomic E-state index is 14.5. The Bertz CT molecular complexity index is 1290. The molecule has 22 heteroatoms. The van der Waals surface area contributed by atoms with Crippen molar-refractivity contribution in [3.8, 4) is 0 Å². The van der Waals surface area contributed by atoms with E-state index in [9.17, 15) is 92.4 Å². The van der Waals surface area contributed by atoms with Gasteiger partial charge in [-0.15, -0.1) is 0 Å². The number of alkyl halides is 17. The Morgan fingerprint density at radius 2 is 1.00 bits per heavy atom. The zero-order valence-electron chi connectivity index (χ0n) is 22.1. The Hall–Kier alpha value is -2.39. The number of carbonyl (C=O) groups excluding carboxylic acids is 1. The molecule has 1 aromatic rings. The Kier molecular flexibility index (Phi) is 11.4. The van der Waals surface area contributed by atoms with Crippen LogP contribution in [0.5, 0.6) is 0 Å². The highest BCUT2D eigenvalue weighted by Crippen LogP contribution is 2.65. The molecule has 0 radical (unpaired) electrons. The molecule has 45 heavy (non-hydrogen) atoms. The molecule has 262 valence electrons. The number of ketones is 1. The smallest absolute Gasteiger partial charge is 0.293 e. The van der Waals surface area contributed by atoms with E-state index in [4.69, 9.17) is 0 Å². The molecular formula is C23H21F17O4S. The highest BCUT2D eigenvalue weighted by Gasteiger charge is 2.95. The lowest BCUT2D eigenvalue weighted by Gasteiger charge is -2.42. The van der Waals surface area contributed by atoms with E-state index in [2.05, 4.69) is 0 Å². The minimum atomic E-state index is -8.76. The summed E-state index contributed by atoms with van der Waals surface area (Å²) in [6.07, 6.45) is -6.10. The van der Waals surface area contributed by atoms with E-state index in [-0.39, 0.29) is 18.6 Å². The van der Waals surface area contributed by atoms with Gasteiger partial charge in [-0.2, -0.15) is 83.1 Å². The molecule has 1 unspecified atom stereocenters. The molecule has 4 nitrogen and oxygen atoms in total. The van der Waals surface area contributed by atoms with E-state index in [1.807, 2.05) is 6.92 Å². The van der Waals surface area contributed by atoms with Crippen LogP contribution in [0.2, 0.25) is 0 Å². The Balaban J connectivity index is 3.53. The van der Waals surface area contributed by atoms with Crippen LogP contribution in [-0.2, 0) is 16.0 Å². The van der Waals surface area contributed by atoms with Crippen molar-refractivity contribution < 1.29 is 92.4 Å². The summed E-state index contributed by atoms with van der Waals surface area (Å²) in [6.45, 7) is 1.81. The van der Waals surface area contributed by atoms with Gasteiger partial charge in [0.1, 0.15) is 5.25 Å². The molecule has 0 spiro atoms. The van der Waals surface area contributed by atoms with Crippen molar-refractivity contribution in [1.82, 2.24) is 0 Å². The first-order valence-electron chi connectivity index (χ1n) is 12.1. The third kappa shape index (κ3) is 6.85. The monoisotopic (exact) mass is 716 g/mol. The van der Waals surface area contributed by atoms with Gasteiger partial charge in [-0.25, -0.2) is 0 Å². The number of hydrogen-bond donors (Lipinski definition) is 1. The maximum Gasteiger partial charge on any atom is 0.460 e. The summed E-state index contributed by atoms with van der Waals surface area (Å²) < 4.78 is 262. The fraction of sp³-hybridized carbons (Fsp3) is 0.696. The molecule has 0 aromatic heterocycles. The van der Waals surface area contributed by atoms with Gasteiger partial charge in [0.25, 0.3) is 10.1 Å². The van der Waals surface area contributed by atoms with E-state index < -0.39 is 98.5 Å². The average Bonchev–Trinajstić information content (AvgIpc) is 2.88.